The van der Waals surface area contributed by atoms with Crippen LogP contribution in [-0.4, -0.2) is 22.2 Å². The first-order chi connectivity index (χ1) is 7.65. The summed E-state index contributed by atoms with van der Waals surface area (Å²) < 4.78 is 0. The lowest BCUT2D eigenvalue weighted by molar-refractivity contribution is 0.126. The number of hydrogen-bond acceptors (Lipinski definition) is 3. The predicted molar refractivity (Wildman–Crippen MR) is 66.1 cm³/mol. The molecule has 0 aromatic carbocycles. The van der Waals surface area contributed by atoms with Crippen molar-refractivity contribution in [1.82, 2.24) is 4.98 Å². The second-order valence-corrected chi connectivity index (χ2v) is 4.93. The van der Waals surface area contributed by atoms with Gasteiger partial charge in [0.2, 0.25) is 0 Å². The number of aliphatic hydroxyl groups is 1. The second-order valence-electron chi connectivity index (χ2n) is 4.14. The smallest absolute Gasteiger partial charge is 0.130 e. The summed E-state index contributed by atoms with van der Waals surface area (Å²) in [6.45, 7) is 0. The SMILES string of the molecule is OC1CCC(Nc2cnc(Cl)cc2Cl)CC1. The van der Waals surface area contributed by atoms with E-state index in [-0.39, 0.29) is 6.10 Å². The molecule has 1 aliphatic rings. The van der Waals surface area contributed by atoms with Crippen LogP contribution in [0.1, 0.15) is 25.7 Å². The summed E-state index contributed by atoms with van der Waals surface area (Å²) in [5.74, 6) is 0. The first-order valence-corrected chi connectivity index (χ1v) is 6.16. The van der Waals surface area contributed by atoms with Crippen LogP contribution >= 0.6 is 23.2 Å². The normalized spacial score (nSPS) is 25.4. The van der Waals surface area contributed by atoms with Gasteiger partial charge in [0.15, 0.2) is 0 Å². The van der Waals surface area contributed by atoms with E-state index in [4.69, 9.17) is 23.2 Å². The number of anilines is 1. The van der Waals surface area contributed by atoms with E-state index in [1.165, 1.54) is 0 Å². The van der Waals surface area contributed by atoms with Crippen LogP contribution in [0.5, 0.6) is 0 Å². The maximum absolute atomic E-state index is 9.40. The van der Waals surface area contributed by atoms with Gasteiger partial charge in [-0.15, -0.1) is 0 Å². The van der Waals surface area contributed by atoms with Gasteiger partial charge in [-0.3, -0.25) is 0 Å². The third-order valence-electron chi connectivity index (χ3n) is 2.88. The molecule has 0 radical (unpaired) electrons. The van der Waals surface area contributed by atoms with Crippen LogP contribution in [0.15, 0.2) is 12.3 Å². The highest BCUT2D eigenvalue weighted by atomic mass is 35.5. The van der Waals surface area contributed by atoms with E-state index in [2.05, 4.69) is 10.3 Å². The Labute approximate surface area is 105 Å². The van der Waals surface area contributed by atoms with Gasteiger partial charge in [-0.2, -0.15) is 0 Å². The minimum absolute atomic E-state index is 0.142. The molecule has 1 aliphatic carbocycles. The number of nitrogens with zero attached hydrogens (tertiary/aromatic N) is 1. The lowest BCUT2D eigenvalue weighted by atomic mass is 9.93. The van der Waals surface area contributed by atoms with Crippen LogP contribution in [0, 0.1) is 0 Å². The molecule has 0 bridgehead atoms. The summed E-state index contributed by atoms with van der Waals surface area (Å²) in [5.41, 5.74) is 0.812. The van der Waals surface area contributed by atoms with Crippen molar-refractivity contribution in [2.24, 2.45) is 0 Å². The molecule has 1 saturated carbocycles. The van der Waals surface area contributed by atoms with Crippen LogP contribution in [0.2, 0.25) is 10.2 Å². The molecular weight excluding hydrogens is 247 g/mol. The minimum Gasteiger partial charge on any atom is -0.393 e. The molecular formula is C11H14Cl2N2O. The number of hydrogen-bond donors (Lipinski definition) is 2. The lowest BCUT2D eigenvalue weighted by Crippen LogP contribution is -2.28. The molecule has 0 aliphatic heterocycles. The molecule has 1 fully saturated rings. The van der Waals surface area contributed by atoms with Crippen molar-refractivity contribution < 1.29 is 5.11 Å². The molecule has 1 aromatic rings. The standard InChI is InChI=1S/C11H14Cl2N2O/c12-9-5-11(13)14-6-10(9)15-7-1-3-8(16)4-2-7/h5-8,15-16H,1-4H2. The zero-order valence-electron chi connectivity index (χ0n) is 8.79. The average molecular weight is 261 g/mol. The topological polar surface area (TPSA) is 45.1 Å². The summed E-state index contributed by atoms with van der Waals surface area (Å²) in [5, 5.41) is 13.7. The van der Waals surface area contributed by atoms with Crippen LogP contribution < -0.4 is 5.32 Å². The van der Waals surface area contributed by atoms with Crippen molar-refractivity contribution in [3.63, 3.8) is 0 Å². The van der Waals surface area contributed by atoms with Crippen LogP contribution in [0.4, 0.5) is 5.69 Å². The van der Waals surface area contributed by atoms with Crippen LogP contribution in [0.3, 0.4) is 0 Å². The van der Waals surface area contributed by atoms with Gasteiger partial charge in [-0.1, -0.05) is 23.2 Å². The van der Waals surface area contributed by atoms with E-state index in [0.29, 0.717) is 16.2 Å². The van der Waals surface area contributed by atoms with Crippen LogP contribution in [-0.2, 0) is 0 Å². The third-order valence-corrected chi connectivity index (χ3v) is 3.40. The molecule has 3 nitrogen and oxygen atoms in total. The van der Waals surface area contributed by atoms with Crippen molar-refractivity contribution in [3.8, 4) is 0 Å². The van der Waals surface area contributed by atoms with E-state index in [1.807, 2.05) is 0 Å². The highest BCUT2D eigenvalue weighted by molar-refractivity contribution is 6.35. The Morgan fingerprint density at radius 3 is 2.56 bits per heavy atom. The lowest BCUT2D eigenvalue weighted by Gasteiger charge is -2.27. The molecule has 5 heteroatoms. The van der Waals surface area contributed by atoms with Gasteiger partial charge >= 0.3 is 0 Å². The highest BCUT2D eigenvalue weighted by Crippen LogP contribution is 2.27. The van der Waals surface area contributed by atoms with E-state index in [0.717, 1.165) is 31.4 Å². The third kappa shape index (κ3) is 3.00. The minimum atomic E-state index is -0.142. The molecule has 1 heterocycles. The summed E-state index contributed by atoms with van der Waals surface area (Å²) >= 11 is 11.8. The average Bonchev–Trinajstić information content (AvgIpc) is 2.25. The van der Waals surface area contributed by atoms with Gasteiger partial charge in [0, 0.05) is 6.04 Å². The van der Waals surface area contributed by atoms with Gasteiger partial charge < -0.3 is 10.4 Å². The summed E-state index contributed by atoms with van der Waals surface area (Å²) in [6, 6.07) is 1.99. The fourth-order valence-electron chi connectivity index (χ4n) is 1.95. The molecule has 0 unspecified atom stereocenters. The Balaban J connectivity index is 1.98. The number of pyridine rings is 1. The number of aliphatic hydroxyl groups excluding tert-OH is 1. The van der Waals surface area contributed by atoms with E-state index in [1.54, 1.807) is 12.3 Å². The van der Waals surface area contributed by atoms with E-state index < -0.39 is 0 Å². The Morgan fingerprint density at radius 2 is 1.94 bits per heavy atom. The van der Waals surface area contributed by atoms with Gasteiger partial charge in [0.1, 0.15) is 5.15 Å². The van der Waals surface area contributed by atoms with Gasteiger partial charge in [0.25, 0.3) is 0 Å². The van der Waals surface area contributed by atoms with Gasteiger partial charge in [0.05, 0.1) is 23.0 Å². The molecule has 88 valence electrons. The van der Waals surface area contributed by atoms with Crippen LogP contribution in [0.25, 0.3) is 0 Å². The quantitative estimate of drug-likeness (QED) is 0.804. The maximum Gasteiger partial charge on any atom is 0.130 e. The van der Waals surface area contributed by atoms with Crippen molar-refractivity contribution in [1.29, 1.82) is 0 Å². The van der Waals surface area contributed by atoms with Gasteiger partial charge in [-0.05, 0) is 31.7 Å². The number of aromatic nitrogens is 1. The zero-order valence-corrected chi connectivity index (χ0v) is 10.3. The molecule has 0 atom stereocenters. The van der Waals surface area contributed by atoms with Crippen molar-refractivity contribution in [2.75, 3.05) is 5.32 Å². The maximum atomic E-state index is 9.40. The molecule has 0 saturated heterocycles. The fourth-order valence-corrected chi connectivity index (χ4v) is 2.37. The number of rotatable bonds is 2. The van der Waals surface area contributed by atoms with Gasteiger partial charge in [-0.25, -0.2) is 4.98 Å². The summed E-state index contributed by atoms with van der Waals surface area (Å²) in [7, 11) is 0. The number of halogens is 2. The summed E-state index contributed by atoms with van der Waals surface area (Å²) in [6.07, 6.45) is 5.11. The zero-order chi connectivity index (χ0) is 11.5. The Morgan fingerprint density at radius 1 is 1.25 bits per heavy atom. The molecule has 2 N–H and O–H groups in total. The van der Waals surface area contributed by atoms with Crippen molar-refractivity contribution >= 4 is 28.9 Å². The molecule has 0 amide bonds. The monoisotopic (exact) mass is 260 g/mol. The van der Waals surface area contributed by atoms with E-state index >= 15 is 0 Å². The second kappa shape index (κ2) is 5.21. The largest absolute Gasteiger partial charge is 0.393 e. The Hall–Kier alpha value is -0.510. The summed E-state index contributed by atoms with van der Waals surface area (Å²) in [4.78, 5) is 3.99. The van der Waals surface area contributed by atoms with E-state index in [9.17, 15) is 5.11 Å². The molecule has 2 rings (SSSR count). The fraction of sp³-hybridized carbons (Fsp3) is 0.545. The van der Waals surface area contributed by atoms with Crippen molar-refractivity contribution in [3.05, 3.63) is 22.4 Å². The Kier molecular flexibility index (Phi) is 3.90. The highest BCUT2D eigenvalue weighted by Gasteiger charge is 2.19. The molecule has 16 heavy (non-hydrogen) atoms. The van der Waals surface area contributed by atoms with Crippen molar-refractivity contribution in [2.45, 2.75) is 37.8 Å². The molecule has 0 spiro atoms. The predicted octanol–water partition coefficient (Wildman–Crippen LogP) is 3.10. The number of nitrogens with one attached hydrogen (secondary N) is 1. The Bertz CT molecular complexity index is 365. The first-order valence-electron chi connectivity index (χ1n) is 5.41. The first kappa shape index (κ1) is 12.0. The molecule has 1 aromatic heterocycles.